The van der Waals surface area contributed by atoms with E-state index in [1.807, 2.05) is 46.3 Å². The molecule has 52 valence electrons. The summed E-state index contributed by atoms with van der Waals surface area (Å²) in [5.41, 5.74) is 1.08. The van der Waals surface area contributed by atoms with Crippen molar-refractivity contribution in [2.24, 2.45) is 0 Å². The molecule has 0 bridgehead atoms. The summed E-state index contributed by atoms with van der Waals surface area (Å²) >= 11 is 2.03. The summed E-state index contributed by atoms with van der Waals surface area (Å²) in [4.78, 5) is 10.6. The molecule has 0 radical (unpaired) electrons. The Kier molecular flexibility index (Phi) is 2.67. The Morgan fingerprint density at radius 1 is 1.30 bits per heavy atom. The topological polar surface area (TPSA) is 17.1 Å². The molecule has 1 rings (SSSR count). The zero-order valence-electron chi connectivity index (χ0n) is 5.45. The van der Waals surface area contributed by atoms with Gasteiger partial charge in [-0.15, -0.1) is 0 Å². The molecule has 0 aromatic heterocycles. The predicted molar refractivity (Wildman–Crippen MR) is 42.3 cm³/mol. The van der Waals surface area contributed by atoms with E-state index in [2.05, 4.69) is 0 Å². The van der Waals surface area contributed by atoms with E-state index >= 15 is 0 Å². The second-order valence-corrected chi connectivity index (χ2v) is 3.10. The minimum atomic E-state index is 0.152. The molecule has 0 atom stereocenters. The van der Waals surface area contributed by atoms with E-state index in [1.165, 1.54) is 0 Å². The van der Waals surface area contributed by atoms with Crippen molar-refractivity contribution in [2.75, 3.05) is 0 Å². The van der Waals surface area contributed by atoms with E-state index < -0.39 is 0 Å². The molecule has 10 heavy (non-hydrogen) atoms. The summed E-state index contributed by atoms with van der Waals surface area (Å²) in [5.74, 6) is 0. The Hall–Kier alpha value is -0.591. The Labute approximate surface area is 68.3 Å². The van der Waals surface area contributed by atoms with Gasteiger partial charge in [0.2, 0.25) is 0 Å². The molecule has 0 aliphatic heterocycles. The monoisotopic (exact) mass is 200 g/mol. The Balaban J connectivity index is 2.67. The third kappa shape index (κ3) is 2.34. The molecule has 0 spiro atoms. The molecule has 1 nitrogen and oxygen atoms in total. The third-order valence-electron chi connectivity index (χ3n) is 1.20. The molecule has 0 amide bonds. The number of rotatable bonds is 2. The van der Waals surface area contributed by atoms with Gasteiger partial charge in [-0.25, -0.2) is 0 Å². The quantitative estimate of drug-likeness (QED) is 0.639. The zero-order chi connectivity index (χ0) is 7.40. The summed E-state index contributed by atoms with van der Waals surface area (Å²) in [6, 6.07) is 9.71. The van der Waals surface area contributed by atoms with E-state index in [0.29, 0.717) is 6.42 Å². The van der Waals surface area contributed by atoms with Crippen LogP contribution in [0.5, 0.6) is 0 Å². The van der Waals surface area contributed by atoms with Crippen molar-refractivity contribution in [2.45, 2.75) is 6.42 Å². The molecular formula is C8H8OSe. The summed E-state index contributed by atoms with van der Waals surface area (Å²) < 4.78 is 0.152. The van der Waals surface area contributed by atoms with Gasteiger partial charge in [0.15, 0.2) is 0 Å². The average molecular weight is 199 g/mol. The van der Waals surface area contributed by atoms with Crippen molar-refractivity contribution in [1.82, 2.24) is 0 Å². The van der Waals surface area contributed by atoms with Gasteiger partial charge in [0.1, 0.15) is 0 Å². The van der Waals surface area contributed by atoms with Crippen LogP contribution in [0.2, 0.25) is 0 Å². The average Bonchev–Trinajstić information content (AvgIpc) is 1.88. The molecule has 0 aliphatic carbocycles. The Morgan fingerprint density at radius 2 is 1.90 bits per heavy atom. The molecule has 2 heteroatoms. The molecule has 0 saturated heterocycles. The number of hydrogen-bond acceptors (Lipinski definition) is 1. The van der Waals surface area contributed by atoms with Gasteiger partial charge >= 0.3 is 67.8 Å². The second-order valence-electron chi connectivity index (χ2n) is 2.06. The molecule has 1 aromatic rings. The van der Waals surface area contributed by atoms with E-state index in [0.717, 1.165) is 5.56 Å². The molecule has 0 heterocycles. The van der Waals surface area contributed by atoms with Crippen molar-refractivity contribution >= 4 is 20.7 Å². The van der Waals surface area contributed by atoms with Crippen LogP contribution in [0.3, 0.4) is 0 Å². The summed E-state index contributed by atoms with van der Waals surface area (Å²) in [5, 5.41) is 0. The molecule has 0 saturated carbocycles. The van der Waals surface area contributed by atoms with Crippen LogP contribution in [0.25, 0.3) is 0 Å². The molecule has 1 aromatic carbocycles. The molecule has 0 unspecified atom stereocenters. The van der Waals surface area contributed by atoms with Gasteiger partial charge < -0.3 is 0 Å². The van der Waals surface area contributed by atoms with Crippen LogP contribution >= 0.6 is 0 Å². The fourth-order valence-corrected chi connectivity index (χ4v) is 1.15. The SMILES string of the molecule is O=C([SeH])Cc1ccccc1. The molecule has 0 aliphatic rings. The first-order chi connectivity index (χ1) is 4.79. The van der Waals surface area contributed by atoms with Crippen LogP contribution in [0.15, 0.2) is 30.3 Å². The number of benzene rings is 1. The van der Waals surface area contributed by atoms with Crippen LogP contribution in [-0.4, -0.2) is 20.7 Å². The standard InChI is InChI=1S/C8H8OSe/c9-8(10)6-7-4-2-1-3-5-7/h1-5H,6H2,(H,9,10). The first-order valence-electron chi connectivity index (χ1n) is 3.05. The summed E-state index contributed by atoms with van der Waals surface area (Å²) in [6.07, 6.45) is 0.529. The normalized spacial score (nSPS) is 9.30. The Morgan fingerprint density at radius 3 is 2.40 bits per heavy atom. The fraction of sp³-hybridized carbons (Fsp3) is 0.125. The van der Waals surface area contributed by atoms with Gasteiger partial charge in [0.05, 0.1) is 0 Å². The van der Waals surface area contributed by atoms with E-state index in [4.69, 9.17) is 0 Å². The first-order valence-corrected chi connectivity index (χ1v) is 3.98. The number of carbonyl (C=O) groups excluding carboxylic acids is 1. The van der Waals surface area contributed by atoms with E-state index in [-0.39, 0.29) is 4.68 Å². The maximum absolute atomic E-state index is 10.6. The van der Waals surface area contributed by atoms with Gasteiger partial charge in [-0.3, -0.25) is 0 Å². The maximum atomic E-state index is 10.6. The van der Waals surface area contributed by atoms with Gasteiger partial charge in [0, 0.05) is 0 Å². The molecule has 0 fully saturated rings. The molecule has 0 N–H and O–H groups in total. The van der Waals surface area contributed by atoms with Crippen LogP contribution in [0.1, 0.15) is 5.56 Å². The number of carbonyl (C=O) groups is 1. The summed E-state index contributed by atoms with van der Waals surface area (Å²) in [6.45, 7) is 0. The van der Waals surface area contributed by atoms with Crippen molar-refractivity contribution < 1.29 is 4.79 Å². The van der Waals surface area contributed by atoms with Crippen molar-refractivity contribution in [3.63, 3.8) is 0 Å². The van der Waals surface area contributed by atoms with E-state index in [9.17, 15) is 4.79 Å². The van der Waals surface area contributed by atoms with Gasteiger partial charge in [-0.05, 0) is 0 Å². The van der Waals surface area contributed by atoms with E-state index in [1.54, 1.807) is 0 Å². The van der Waals surface area contributed by atoms with Crippen LogP contribution in [0, 0.1) is 0 Å². The van der Waals surface area contributed by atoms with Crippen LogP contribution in [0.4, 0.5) is 0 Å². The predicted octanol–water partition coefficient (Wildman–Crippen LogP) is 0.656. The first kappa shape index (κ1) is 7.52. The van der Waals surface area contributed by atoms with Gasteiger partial charge in [0.25, 0.3) is 0 Å². The minimum absolute atomic E-state index is 0.152. The molecular weight excluding hydrogens is 191 g/mol. The van der Waals surface area contributed by atoms with Crippen LogP contribution < -0.4 is 0 Å². The number of hydrogen-bond donors (Lipinski definition) is 0. The summed E-state index contributed by atoms with van der Waals surface area (Å²) in [7, 11) is 0. The van der Waals surface area contributed by atoms with Crippen molar-refractivity contribution in [1.29, 1.82) is 0 Å². The second kappa shape index (κ2) is 3.55. The zero-order valence-corrected chi connectivity index (χ0v) is 7.33. The van der Waals surface area contributed by atoms with Crippen LogP contribution in [-0.2, 0) is 11.2 Å². The van der Waals surface area contributed by atoms with Crippen molar-refractivity contribution in [3.05, 3.63) is 35.9 Å². The van der Waals surface area contributed by atoms with Gasteiger partial charge in [-0.2, -0.15) is 0 Å². The van der Waals surface area contributed by atoms with Gasteiger partial charge in [-0.1, -0.05) is 0 Å². The third-order valence-corrected chi connectivity index (χ3v) is 1.53. The van der Waals surface area contributed by atoms with Crippen molar-refractivity contribution in [3.8, 4) is 0 Å². The Bertz CT molecular complexity index is 218. The fourth-order valence-electron chi connectivity index (χ4n) is 0.770.